The molecule has 2 aromatic carbocycles. The van der Waals surface area contributed by atoms with Gasteiger partial charge in [0, 0.05) is 5.56 Å². The maximum atomic E-state index is 12.9. The quantitative estimate of drug-likeness (QED) is 0.530. The van der Waals surface area contributed by atoms with Gasteiger partial charge in [-0.05, 0) is 60.6 Å². The summed E-state index contributed by atoms with van der Waals surface area (Å²) in [4.78, 5) is 11.8. The molecule has 29 heavy (non-hydrogen) atoms. The van der Waals surface area contributed by atoms with Crippen LogP contribution in [0.15, 0.2) is 36.4 Å². The fourth-order valence-electron chi connectivity index (χ4n) is 3.22. The van der Waals surface area contributed by atoms with Gasteiger partial charge in [0.15, 0.2) is 0 Å². The third-order valence-corrected chi connectivity index (χ3v) is 5.10. The molecule has 7 heteroatoms. The number of carbonyl (C=O) groups is 1. The van der Waals surface area contributed by atoms with Crippen molar-refractivity contribution >= 4 is 17.6 Å². The zero-order valence-corrected chi connectivity index (χ0v) is 16.8. The number of hydrogen-bond donors (Lipinski definition) is 1. The fraction of sp³-hybridized carbons (Fsp3) is 0.409. The van der Waals surface area contributed by atoms with E-state index in [9.17, 15) is 23.1 Å². The van der Waals surface area contributed by atoms with Gasteiger partial charge in [0.25, 0.3) is 0 Å². The van der Waals surface area contributed by atoms with E-state index < -0.39 is 23.6 Å². The number of carboxylic acid groups (broad SMARTS) is 1. The van der Waals surface area contributed by atoms with Crippen LogP contribution in [0.4, 0.5) is 13.2 Å². The Morgan fingerprint density at radius 2 is 1.83 bits per heavy atom. The molecule has 0 spiro atoms. The van der Waals surface area contributed by atoms with Crippen molar-refractivity contribution < 1.29 is 27.8 Å². The standard InChI is InChI=1S/C22H22ClF3O3/c1-12(2)9-17(21(27)28)14-10-18(23)20(19(11-14)29-16-7-8-16)13-3-5-15(6-4-13)22(24,25)26/h3-6,10-12,16-17H,7-9H2,1-2H3,(H,27,28). The largest absolute Gasteiger partial charge is 0.490 e. The van der Waals surface area contributed by atoms with Gasteiger partial charge in [-0.1, -0.05) is 37.6 Å². The van der Waals surface area contributed by atoms with Crippen molar-refractivity contribution in [3.8, 4) is 16.9 Å². The number of aliphatic carboxylic acids is 1. The highest BCUT2D eigenvalue weighted by atomic mass is 35.5. The Morgan fingerprint density at radius 3 is 2.31 bits per heavy atom. The molecule has 2 aromatic rings. The Kier molecular flexibility index (Phi) is 6.13. The summed E-state index contributed by atoms with van der Waals surface area (Å²) in [6.45, 7) is 3.88. The van der Waals surface area contributed by atoms with Crippen LogP contribution in [0.25, 0.3) is 11.1 Å². The summed E-state index contributed by atoms with van der Waals surface area (Å²) in [6.07, 6.45) is -2.22. The van der Waals surface area contributed by atoms with Gasteiger partial charge >= 0.3 is 12.1 Å². The van der Waals surface area contributed by atoms with Gasteiger partial charge in [0.1, 0.15) is 5.75 Å². The molecule has 0 aliphatic heterocycles. The zero-order valence-electron chi connectivity index (χ0n) is 16.1. The van der Waals surface area contributed by atoms with E-state index in [-0.39, 0.29) is 17.0 Å². The van der Waals surface area contributed by atoms with E-state index in [1.165, 1.54) is 12.1 Å². The van der Waals surface area contributed by atoms with Crippen molar-refractivity contribution in [3.05, 3.63) is 52.5 Å². The van der Waals surface area contributed by atoms with Crippen molar-refractivity contribution in [1.29, 1.82) is 0 Å². The predicted molar refractivity (Wildman–Crippen MR) is 105 cm³/mol. The summed E-state index contributed by atoms with van der Waals surface area (Å²) in [5.41, 5.74) is 0.745. The molecular formula is C22H22ClF3O3. The van der Waals surface area contributed by atoms with E-state index in [1.54, 1.807) is 12.1 Å². The minimum Gasteiger partial charge on any atom is -0.490 e. The molecule has 0 aromatic heterocycles. The first kappa shape index (κ1) is 21.5. The van der Waals surface area contributed by atoms with E-state index in [2.05, 4.69) is 0 Å². The van der Waals surface area contributed by atoms with Crippen LogP contribution in [0.2, 0.25) is 5.02 Å². The van der Waals surface area contributed by atoms with E-state index in [0.717, 1.165) is 25.0 Å². The minimum absolute atomic E-state index is 0.0166. The van der Waals surface area contributed by atoms with Crippen molar-refractivity contribution in [2.24, 2.45) is 5.92 Å². The number of halogens is 4. The van der Waals surface area contributed by atoms with Gasteiger partial charge in [-0.25, -0.2) is 0 Å². The lowest BCUT2D eigenvalue weighted by atomic mass is 9.89. The summed E-state index contributed by atoms with van der Waals surface area (Å²) in [7, 11) is 0. The zero-order chi connectivity index (χ0) is 21.3. The van der Waals surface area contributed by atoms with E-state index in [0.29, 0.717) is 28.9 Å². The highest BCUT2D eigenvalue weighted by molar-refractivity contribution is 6.33. The van der Waals surface area contributed by atoms with Crippen LogP contribution < -0.4 is 4.74 Å². The van der Waals surface area contributed by atoms with Crippen LogP contribution in [0.3, 0.4) is 0 Å². The first-order chi connectivity index (χ1) is 13.6. The lowest BCUT2D eigenvalue weighted by Crippen LogP contribution is -2.14. The van der Waals surface area contributed by atoms with Gasteiger partial charge in [-0.2, -0.15) is 13.2 Å². The normalized spacial score (nSPS) is 15.4. The number of hydrogen-bond acceptors (Lipinski definition) is 2. The van der Waals surface area contributed by atoms with Crippen LogP contribution in [0.5, 0.6) is 5.75 Å². The average molecular weight is 427 g/mol. The number of rotatable bonds is 7. The summed E-state index contributed by atoms with van der Waals surface area (Å²) in [5, 5.41) is 9.91. The number of carboxylic acids is 1. The maximum absolute atomic E-state index is 12.9. The van der Waals surface area contributed by atoms with Gasteiger partial charge in [0.2, 0.25) is 0 Å². The second kappa shape index (κ2) is 8.27. The number of alkyl halides is 3. The van der Waals surface area contributed by atoms with Crippen molar-refractivity contribution in [2.45, 2.75) is 51.3 Å². The molecule has 156 valence electrons. The highest BCUT2D eigenvalue weighted by Crippen LogP contribution is 2.43. The van der Waals surface area contributed by atoms with Gasteiger partial charge in [0.05, 0.1) is 22.6 Å². The topological polar surface area (TPSA) is 46.5 Å². The van der Waals surface area contributed by atoms with Crippen LogP contribution >= 0.6 is 11.6 Å². The average Bonchev–Trinajstić information content (AvgIpc) is 3.42. The second-order valence-corrected chi connectivity index (χ2v) is 8.20. The van der Waals surface area contributed by atoms with Gasteiger partial charge < -0.3 is 9.84 Å². The molecule has 1 aliphatic carbocycles. The maximum Gasteiger partial charge on any atom is 0.416 e. The number of ether oxygens (including phenoxy) is 1. The van der Waals surface area contributed by atoms with Crippen LogP contribution in [0, 0.1) is 5.92 Å². The molecule has 1 N–H and O–H groups in total. The van der Waals surface area contributed by atoms with Crippen molar-refractivity contribution in [1.82, 2.24) is 0 Å². The molecule has 1 saturated carbocycles. The molecule has 0 bridgehead atoms. The second-order valence-electron chi connectivity index (χ2n) is 7.79. The van der Waals surface area contributed by atoms with Crippen molar-refractivity contribution in [3.63, 3.8) is 0 Å². The summed E-state index contributed by atoms with van der Waals surface area (Å²) >= 11 is 6.49. The Hall–Kier alpha value is -2.21. The first-order valence-electron chi connectivity index (χ1n) is 9.46. The third kappa shape index (κ3) is 5.24. The smallest absolute Gasteiger partial charge is 0.416 e. The SMILES string of the molecule is CC(C)CC(C(=O)O)c1cc(Cl)c(-c2ccc(C(F)(F)F)cc2)c(OC2CC2)c1. The van der Waals surface area contributed by atoms with Gasteiger partial charge in [-0.3, -0.25) is 4.79 Å². The molecule has 0 saturated heterocycles. The molecular weight excluding hydrogens is 405 g/mol. The lowest BCUT2D eigenvalue weighted by Gasteiger charge is -2.20. The summed E-state index contributed by atoms with van der Waals surface area (Å²) < 4.78 is 44.6. The Morgan fingerprint density at radius 1 is 1.21 bits per heavy atom. The Balaban J connectivity index is 2.06. The Labute approximate surface area is 172 Å². The van der Waals surface area contributed by atoms with Crippen LogP contribution in [-0.4, -0.2) is 17.2 Å². The van der Waals surface area contributed by atoms with Crippen molar-refractivity contribution in [2.75, 3.05) is 0 Å². The molecule has 1 unspecified atom stereocenters. The van der Waals surface area contributed by atoms with Crippen LogP contribution in [0.1, 0.15) is 50.2 Å². The third-order valence-electron chi connectivity index (χ3n) is 4.80. The Bertz CT molecular complexity index is 887. The van der Waals surface area contributed by atoms with E-state index in [4.69, 9.17) is 16.3 Å². The molecule has 3 rings (SSSR count). The summed E-state index contributed by atoms with van der Waals surface area (Å²) in [6, 6.07) is 7.95. The minimum atomic E-state index is -4.43. The fourth-order valence-corrected chi connectivity index (χ4v) is 3.55. The van der Waals surface area contributed by atoms with E-state index in [1.807, 2.05) is 13.8 Å². The molecule has 0 heterocycles. The lowest BCUT2D eigenvalue weighted by molar-refractivity contribution is -0.139. The molecule has 1 fully saturated rings. The molecule has 1 aliphatic rings. The van der Waals surface area contributed by atoms with Gasteiger partial charge in [-0.15, -0.1) is 0 Å². The highest BCUT2D eigenvalue weighted by Gasteiger charge is 2.31. The molecule has 0 amide bonds. The molecule has 0 radical (unpaired) electrons. The van der Waals surface area contributed by atoms with Crippen LogP contribution in [-0.2, 0) is 11.0 Å². The van der Waals surface area contributed by atoms with E-state index >= 15 is 0 Å². The first-order valence-corrected chi connectivity index (χ1v) is 9.84. The predicted octanol–water partition coefficient (Wildman–Crippen LogP) is 6.78. The monoisotopic (exact) mass is 426 g/mol. The number of benzene rings is 2. The molecule has 3 nitrogen and oxygen atoms in total. The summed E-state index contributed by atoms with van der Waals surface area (Å²) in [5.74, 6) is -1.12. The molecule has 1 atom stereocenters.